The lowest BCUT2D eigenvalue weighted by atomic mass is 9.23. The molecule has 3 heteroatoms. The highest BCUT2D eigenvalue weighted by Crippen LogP contribution is 2.50. The lowest BCUT2D eigenvalue weighted by molar-refractivity contribution is 0.124. The lowest BCUT2D eigenvalue weighted by Gasteiger charge is -2.43. The van der Waals surface area contributed by atoms with Crippen LogP contribution in [0.1, 0.15) is 84.0 Å². The Hall–Kier alpha value is -0.0151. The maximum absolute atomic E-state index is 9.87. The molecule has 22 heavy (non-hydrogen) atoms. The summed E-state index contributed by atoms with van der Waals surface area (Å²) in [5.74, 6) is 3.55. The number of aliphatic hydroxyl groups is 2. The van der Waals surface area contributed by atoms with E-state index in [1.165, 1.54) is 51.4 Å². The van der Waals surface area contributed by atoms with Gasteiger partial charge in [0.05, 0.1) is 12.2 Å². The van der Waals surface area contributed by atoms with Crippen LogP contribution in [0.5, 0.6) is 0 Å². The van der Waals surface area contributed by atoms with Gasteiger partial charge in [0.25, 0.3) is 0 Å². The van der Waals surface area contributed by atoms with Crippen LogP contribution < -0.4 is 0 Å². The summed E-state index contributed by atoms with van der Waals surface area (Å²) in [7, 11) is 0. The fraction of sp³-hybridized carbons (Fsp3) is 1.00. The second-order valence-electron chi connectivity index (χ2n) is 8.73. The third-order valence-corrected chi connectivity index (χ3v) is 7.18. The summed E-state index contributed by atoms with van der Waals surface area (Å²) in [4.78, 5) is 0. The topological polar surface area (TPSA) is 40.5 Å². The highest BCUT2D eigenvalue weighted by Gasteiger charge is 2.42. The van der Waals surface area contributed by atoms with Crippen LogP contribution in [0.15, 0.2) is 0 Å². The molecule has 0 aliphatic heterocycles. The largest absolute Gasteiger partial charge is 0.393 e. The number of hydrogen-bond donors (Lipinski definition) is 2. The van der Waals surface area contributed by atoms with Crippen molar-refractivity contribution < 1.29 is 10.2 Å². The van der Waals surface area contributed by atoms with Gasteiger partial charge in [0, 0.05) is 0 Å². The first kappa shape index (κ1) is 16.8. The molecule has 3 fully saturated rings. The van der Waals surface area contributed by atoms with Crippen LogP contribution in [0, 0.1) is 5.92 Å². The van der Waals surface area contributed by atoms with Crippen LogP contribution in [0.2, 0.25) is 17.5 Å². The molecular formula is C19H35BO2. The zero-order chi connectivity index (χ0) is 15.5. The summed E-state index contributed by atoms with van der Waals surface area (Å²) in [5.41, 5.74) is 0. The molecule has 0 radical (unpaired) electrons. The summed E-state index contributed by atoms with van der Waals surface area (Å²) < 4.78 is 0. The van der Waals surface area contributed by atoms with Gasteiger partial charge >= 0.3 is 0 Å². The second-order valence-corrected chi connectivity index (χ2v) is 8.73. The van der Waals surface area contributed by atoms with E-state index >= 15 is 0 Å². The van der Waals surface area contributed by atoms with Gasteiger partial charge in [0.1, 0.15) is 6.71 Å². The Labute approximate surface area is 137 Å². The van der Waals surface area contributed by atoms with Crippen molar-refractivity contribution in [2.45, 2.75) is 114 Å². The number of hydrogen-bond acceptors (Lipinski definition) is 2. The molecule has 3 rings (SSSR count). The first-order valence-corrected chi connectivity index (χ1v) is 9.99. The van der Waals surface area contributed by atoms with Gasteiger partial charge in [-0.3, -0.25) is 0 Å². The highest BCUT2D eigenvalue weighted by molar-refractivity contribution is 6.63. The predicted molar refractivity (Wildman–Crippen MR) is 93.6 cm³/mol. The van der Waals surface area contributed by atoms with Crippen molar-refractivity contribution in [2.75, 3.05) is 0 Å². The van der Waals surface area contributed by atoms with E-state index in [1.807, 2.05) is 0 Å². The van der Waals surface area contributed by atoms with Gasteiger partial charge < -0.3 is 10.2 Å². The molecule has 126 valence electrons. The average molecular weight is 306 g/mol. The smallest absolute Gasteiger partial charge is 0.149 e. The molecule has 0 saturated heterocycles. The van der Waals surface area contributed by atoms with E-state index in [9.17, 15) is 10.2 Å². The lowest BCUT2D eigenvalue weighted by Crippen LogP contribution is -2.38. The van der Waals surface area contributed by atoms with Crippen molar-refractivity contribution in [1.82, 2.24) is 0 Å². The van der Waals surface area contributed by atoms with Crippen molar-refractivity contribution in [3.63, 3.8) is 0 Å². The Morgan fingerprint density at radius 3 is 1.23 bits per heavy atom. The van der Waals surface area contributed by atoms with E-state index in [1.54, 1.807) is 0 Å². The van der Waals surface area contributed by atoms with E-state index in [4.69, 9.17) is 0 Å². The monoisotopic (exact) mass is 306 g/mol. The summed E-state index contributed by atoms with van der Waals surface area (Å²) in [5, 5.41) is 19.7. The number of rotatable bonds is 3. The Morgan fingerprint density at radius 1 is 0.545 bits per heavy atom. The highest BCUT2D eigenvalue weighted by atomic mass is 16.3. The molecule has 2 N–H and O–H groups in total. The molecule has 0 amide bonds. The molecule has 0 aromatic rings. The quantitative estimate of drug-likeness (QED) is 0.744. The standard InChI is InChI=1S/C19H35BO2/c1-14-2-4-15(5-3-14)20(16-6-10-18(21)11-7-16)17-8-12-19(22)13-9-17/h14-19,21-22H,2-13H2,1H3. The van der Waals surface area contributed by atoms with Crippen LogP contribution >= 0.6 is 0 Å². The van der Waals surface area contributed by atoms with E-state index in [-0.39, 0.29) is 12.2 Å². The third kappa shape index (κ3) is 4.09. The Kier molecular flexibility index (Phi) is 5.89. The van der Waals surface area contributed by atoms with Crippen LogP contribution in [-0.2, 0) is 0 Å². The molecule has 0 unspecified atom stereocenters. The van der Waals surface area contributed by atoms with Crippen molar-refractivity contribution in [1.29, 1.82) is 0 Å². The molecule has 0 atom stereocenters. The Bertz CT molecular complexity index is 272. The first-order valence-electron chi connectivity index (χ1n) is 9.99. The van der Waals surface area contributed by atoms with Gasteiger partial charge in [-0.05, 0) is 31.6 Å². The van der Waals surface area contributed by atoms with Crippen molar-refractivity contribution in [3.8, 4) is 0 Å². The Balaban J connectivity index is 1.67. The van der Waals surface area contributed by atoms with Gasteiger partial charge in [-0.1, -0.05) is 75.7 Å². The molecule has 2 nitrogen and oxygen atoms in total. The SMILES string of the molecule is CC1CCC(B(C2CCC(O)CC2)C2CCC(O)CC2)CC1. The average Bonchev–Trinajstić information content (AvgIpc) is 2.53. The van der Waals surface area contributed by atoms with Crippen molar-refractivity contribution in [2.24, 2.45) is 5.92 Å². The predicted octanol–water partition coefficient (Wildman–Crippen LogP) is 4.67. The maximum atomic E-state index is 9.87. The van der Waals surface area contributed by atoms with Crippen LogP contribution in [-0.4, -0.2) is 29.1 Å². The fourth-order valence-corrected chi connectivity index (χ4v) is 5.80. The van der Waals surface area contributed by atoms with Gasteiger partial charge in [0.2, 0.25) is 0 Å². The zero-order valence-corrected chi connectivity index (χ0v) is 14.4. The van der Waals surface area contributed by atoms with E-state index in [2.05, 4.69) is 6.92 Å². The second kappa shape index (κ2) is 7.70. The van der Waals surface area contributed by atoms with Crippen LogP contribution in [0.4, 0.5) is 0 Å². The maximum Gasteiger partial charge on any atom is 0.149 e. The Morgan fingerprint density at radius 2 is 0.864 bits per heavy atom. The van der Waals surface area contributed by atoms with E-state index < -0.39 is 0 Å². The molecule has 0 aromatic carbocycles. The normalized spacial score (nSPS) is 43.8. The molecular weight excluding hydrogens is 271 g/mol. The number of aliphatic hydroxyl groups excluding tert-OH is 2. The summed E-state index contributed by atoms with van der Waals surface area (Å²) in [6.45, 7) is 3.30. The van der Waals surface area contributed by atoms with Gasteiger partial charge in [-0.2, -0.15) is 0 Å². The summed E-state index contributed by atoms with van der Waals surface area (Å²) >= 11 is 0. The zero-order valence-electron chi connectivity index (χ0n) is 14.4. The third-order valence-electron chi connectivity index (χ3n) is 7.18. The van der Waals surface area contributed by atoms with Crippen LogP contribution in [0.25, 0.3) is 0 Å². The van der Waals surface area contributed by atoms with Gasteiger partial charge in [-0.15, -0.1) is 0 Å². The van der Waals surface area contributed by atoms with E-state index in [0.29, 0.717) is 0 Å². The fourth-order valence-electron chi connectivity index (χ4n) is 5.80. The molecule has 0 aromatic heterocycles. The van der Waals surface area contributed by atoms with Crippen molar-refractivity contribution >= 4 is 6.71 Å². The molecule has 0 heterocycles. The van der Waals surface area contributed by atoms with E-state index in [0.717, 1.165) is 55.8 Å². The van der Waals surface area contributed by atoms with Gasteiger partial charge in [-0.25, -0.2) is 0 Å². The minimum absolute atomic E-state index is 0.0311. The molecule has 0 bridgehead atoms. The molecule has 3 aliphatic rings. The first-order chi connectivity index (χ1) is 10.6. The summed E-state index contributed by atoms with van der Waals surface area (Å²) in [6, 6.07) is 0. The minimum Gasteiger partial charge on any atom is -0.393 e. The van der Waals surface area contributed by atoms with Crippen LogP contribution in [0.3, 0.4) is 0 Å². The molecule has 3 saturated carbocycles. The van der Waals surface area contributed by atoms with Crippen molar-refractivity contribution in [3.05, 3.63) is 0 Å². The minimum atomic E-state index is -0.0311. The molecule has 0 spiro atoms. The molecule has 3 aliphatic carbocycles. The van der Waals surface area contributed by atoms with Gasteiger partial charge in [0.15, 0.2) is 0 Å². The summed E-state index contributed by atoms with van der Waals surface area (Å²) in [6.07, 6.45) is 14.7.